The second-order valence-electron chi connectivity index (χ2n) is 7.22. The lowest BCUT2D eigenvalue weighted by Gasteiger charge is -2.18. The number of nitrogens with zero attached hydrogens (tertiary/aromatic N) is 3. The van der Waals surface area contributed by atoms with Crippen molar-refractivity contribution in [1.29, 1.82) is 0 Å². The molecule has 2 aromatic carbocycles. The van der Waals surface area contributed by atoms with Crippen molar-refractivity contribution in [2.45, 2.75) is 11.4 Å². The number of carbonyl (C=O) groups is 1. The van der Waals surface area contributed by atoms with E-state index in [1.807, 2.05) is 23.0 Å². The van der Waals surface area contributed by atoms with Gasteiger partial charge in [0.15, 0.2) is 16.3 Å². The van der Waals surface area contributed by atoms with Gasteiger partial charge in [-0.1, -0.05) is 11.3 Å². The molecule has 0 aliphatic carbocycles. The van der Waals surface area contributed by atoms with Gasteiger partial charge in [0.05, 0.1) is 15.1 Å². The SMILES string of the molecule is CSCCn1c(=NC(=O)c2ccc(S(=O)(=O)N(C)C)cc2)sc2cc3c(cc21)OCCO3. The van der Waals surface area contributed by atoms with Gasteiger partial charge in [-0.15, -0.1) is 0 Å². The zero-order valence-corrected chi connectivity index (χ0v) is 20.3. The number of sulfonamides is 1. The molecule has 0 bridgehead atoms. The summed E-state index contributed by atoms with van der Waals surface area (Å²) in [5.41, 5.74) is 1.26. The minimum absolute atomic E-state index is 0.126. The first-order valence-electron chi connectivity index (χ1n) is 9.85. The Balaban J connectivity index is 1.74. The van der Waals surface area contributed by atoms with Crippen LogP contribution in [0.15, 0.2) is 46.3 Å². The summed E-state index contributed by atoms with van der Waals surface area (Å²) in [6.45, 7) is 1.70. The Morgan fingerprint density at radius 2 is 1.81 bits per heavy atom. The Hall–Kier alpha value is -2.34. The van der Waals surface area contributed by atoms with Crippen LogP contribution in [-0.4, -0.2) is 62.5 Å². The molecule has 2 heterocycles. The number of rotatable bonds is 6. The first-order chi connectivity index (χ1) is 15.3. The van der Waals surface area contributed by atoms with Gasteiger partial charge in [-0.25, -0.2) is 12.7 Å². The van der Waals surface area contributed by atoms with E-state index in [4.69, 9.17) is 9.47 Å². The number of benzene rings is 2. The summed E-state index contributed by atoms with van der Waals surface area (Å²) in [7, 11) is -0.628. The molecular weight excluding hydrogens is 470 g/mol. The fraction of sp³-hybridized carbons (Fsp3) is 0.333. The van der Waals surface area contributed by atoms with Crippen LogP contribution in [0.4, 0.5) is 0 Å². The molecule has 8 nitrogen and oxygen atoms in total. The summed E-state index contributed by atoms with van der Waals surface area (Å²) in [5, 5.41) is 0. The predicted molar refractivity (Wildman–Crippen MR) is 126 cm³/mol. The van der Waals surface area contributed by atoms with Crippen molar-refractivity contribution in [1.82, 2.24) is 8.87 Å². The van der Waals surface area contributed by atoms with E-state index in [9.17, 15) is 13.2 Å². The summed E-state index contributed by atoms with van der Waals surface area (Å²) in [6.07, 6.45) is 2.03. The van der Waals surface area contributed by atoms with Crippen LogP contribution in [0.5, 0.6) is 11.5 Å². The topological polar surface area (TPSA) is 90.2 Å². The highest BCUT2D eigenvalue weighted by molar-refractivity contribution is 7.98. The van der Waals surface area contributed by atoms with Crippen LogP contribution < -0.4 is 14.3 Å². The fourth-order valence-electron chi connectivity index (χ4n) is 3.22. The van der Waals surface area contributed by atoms with Crippen molar-refractivity contribution < 1.29 is 22.7 Å². The maximum absolute atomic E-state index is 12.9. The minimum atomic E-state index is -3.56. The van der Waals surface area contributed by atoms with Gasteiger partial charge in [-0.05, 0) is 30.5 Å². The lowest BCUT2D eigenvalue weighted by atomic mass is 10.2. The van der Waals surface area contributed by atoms with Crippen LogP contribution in [0.1, 0.15) is 10.4 Å². The van der Waals surface area contributed by atoms with Crippen molar-refractivity contribution in [2.24, 2.45) is 4.99 Å². The Bertz CT molecular complexity index is 1330. The number of aryl methyl sites for hydroxylation is 1. The molecule has 0 spiro atoms. The van der Waals surface area contributed by atoms with E-state index in [1.54, 1.807) is 11.8 Å². The molecule has 170 valence electrons. The second-order valence-corrected chi connectivity index (χ2v) is 11.4. The summed E-state index contributed by atoms with van der Waals surface area (Å²) in [4.78, 5) is 17.9. The van der Waals surface area contributed by atoms with Crippen molar-refractivity contribution in [2.75, 3.05) is 39.3 Å². The fourth-order valence-corrected chi connectivity index (χ4v) is 5.55. The number of fused-ring (bicyclic) bond motifs is 2. The lowest BCUT2D eigenvalue weighted by molar-refractivity contribution is 0.0997. The van der Waals surface area contributed by atoms with Crippen LogP contribution in [0.25, 0.3) is 10.2 Å². The van der Waals surface area contributed by atoms with E-state index >= 15 is 0 Å². The number of ether oxygens (including phenoxy) is 2. The third-order valence-electron chi connectivity index (χ3n) is 4.94. The van der Waals surface area contributed by atoms with Gasteiger partial charge in [0.1, 0.15) is 13.2 Å². The van der Waals surface area contributed by atoms with Gasteiger partial charge >= 0.3 is 0 Å². The molecule has 0 N–H and O–H groups in total. The average Bonchev–Trinajstić information content (AvgIpc) is 3.11. The van der Waals surface area contributed by atoms with Crippen LogP contribution in [0, 0.1) is 0 Å². The smallest absolute Gasteiger partial charge is 0.279 e. The van der Waals surface area contributed by atoms with Gasteiger partial charge in [0.25, 0.3) is 5.91 Å². The zero-order valence-electron chi connectivity index (χ0n) is 17.9. The number of hydrogen-bond donors (Lipinski definition) is 0. The number of amides is 1. The molecule has 0 saturated carbocycles. The molecule has 1 aliphatic rings. The van der Waals surface area contributed by atoms with E-state index in [2.05, 4.69) is 4.99 Å². The third kappa shape index (κ3) is 4.42. The Morgan fingerprint density at radius 1 is 1.16 bits per heavy atom. The number of carbonyl (C=O) groups excluding carboxylic acids is 1. The molecule has 1 aliphatic heterocycles. The summed E-state index contributed by atoms with van der Waals surface area (Å²) in [5.74, 6) is 1.81. The molecule has 0 unspecified atom stereocenters. The quantitative estimate of drug-likeness (QED) is 0.525. The highest BCUT2D eigenvalue weighted by atomic mass is 32.2. The molecule has 4 rings (SSSR count). The zero-order chi connectivity index (χ0) is 22.9. The van der Waals surface area contributed by atoms with Crippen LogP contribution in [0.3, 0.4) is 0 Å². The molecule has 0 atom stereocenters. The van der Waals surface area contributed by atoms with E-state index in [1.165, 1.54) is 49.7 Å². The van der Waals surface area contributed by atoms with Gasteiger partial charge in [-0.2, -0.15) is 16.8 Å². The normalized spacial score (nSPS) is 14.3. The highest BCUT2D eigenvalue weighted by Crippen LogP contribution is 2.35. The standard InChI is InChI=1S/C21H23N3O5S3/c1-23(2)32(26,27)15-6-4-14(5-7-15)20(25)22-21-24(8-11-30-3)16-12-17-18(13-19(16)31-21)29-10-9-28-17/h4-7,12-13H,8-11H2,1-3H3. The number of aromatic nitrogens is 1. The Kier molecular flexibility index (Phi) is 6.61. The van der Waals surface area contributed by atoms with Crippen LogP contribution >= 0.6 is 23.1 Å². The lowest BCUT2D eigenvalue weighted by Crippen LogP contribution is -2.22. The maximum Gasteiger partial charge on any atom is 0.279 e. The molecule has 0 saturated heterocycles. The first-order valence-corrected chi connectivity index (χ1v) is 13.5. The van der Waals surface area contributed by atoms with Crippen molar-refractivity contribution >= 4 is 49.2 Å². The summed E-state index contributed by atoms with van der Waals surface area (Å²) < 4.78 is 40.0. The highest BCUT2D eigenvalue weighted by Gasteiger charge is 2.19. The summed E-state index contributed by atoms with van der Waals surface area (Å²) >= 11 is 3.12. The second kappa shape index (κ2) is 9.26. The van der Waals surface area contributed by atoms with Crippen molar-refractivity contribution in [3.63, 3.8) is 0 Å². The molecule has 3 aromatic rings. The third-order valence-corrected chi connectivity index (χ3v) is 8.40. The van der Waals surface area contributed by atoms with E-state index in [-0.39, 0.29) is 4.90 Å². The van der Waals surface area contributed by atoms with E-state index in [0.717, 1.165) is 20.3 Å². The number of thioether (sulfide) groups is 1. The predicted octanol–water partition coefficient (Wildman–Crippen LogP) is 2.83. The molecule has 1 amide bonds. The molecule has 0 fully saturated rings. The van der Waals surface area contributed by atoms with Gasteiger partial charge < -0.3 is 14.0 Å². The molecule has 0 radical (unpaired) electrons. The molecule has 32 heavy (non-hydrogen) atoms. The van der Waals surface area contributed by atoms with Gasteiger partial charge in [0, 0.05) is 44.1 Å². The van der Waals surface area contributed by atoms with Gasteiger partial charge in [-0.3, -0.25) is 4.79 Å². The number of hydrogen-bond acceptors (Lipinski definition) is 7. The Morgan fingerprint density at radius 3 is 2.44 bits per heavy atom. The first kappa shape index (κ1) is 22.8. The summed E-state index contributed by atoms with van der Waals surface area (Å²) in [6, 6.07) is 9.69. The Labute approximate surface area is 194 Å². The molecule has 1 aromatic heterocycles. The van der Waals surface area contributed by atoms with E-state index in [0.29, 0.717) is 41.6 Å². The largest absolute Gasteiger partial charge is 0.486 e. The van der Waals surface area contributed by atoms with Crippen LogP contribution in [0.2, 0.25) is 0 Å². The number of thiazole rings is 1. The van der Waals surface area contributed by atoms with E-state index < -0.39 is 15.9 Å². The average molecular weight is 494 g/mol. The van der Waals surface area contributed by atoms with Crippen molar-refractivity contribution in [3.8, 4) is 11.5 Å². The van der Waals surface area contributed by atoms with Gasteiger partial charge in [0.2, 0.25) is 10.0 Å². The molecular formula is C21H23N3O5S3. The minimum Gasteiger partial charge on any atom is -0.486 e. The molecule has 11 heteroatoms. The monoisotopic (exact) mass is 493 g/mol. The van der Waals surface area contributed by atoms with Crippen molar-refractivity contribution in [3.05, 3.63) is 46.8 Å². The van der Waals surface area contributed by atoms with Crippen LogP contribution in [-0.2, 0) is 16.6 Å². The maximum atomic E-state index is 12.9.